The molecule has 1 saturated heterocycles. The zero-order chi connectivity index (χ0) is 21.5. The molecule has 2 unspecified atom stereocenters. The number of hydrogen-bond donors (Lipinski definition) is 4. The SMILES string of the molecule is Cc1cccc(NC(=O)CSC2NC(=O)CC(CC(=O)NCc3cccs3)N2)c1C. The van der Waals surface area contributed by atoms with Crippen molar-refractivity contribution in [3.63, 3.8) is 0 Å². The Morgan fingerprint density at radius 2 is 2.03 bits per heavy atom. The van der Waals surface area contributed by atoms with Gasteiger partial charge in [0.05, 0.1) is 12.3 Å². The first-order chi connectivity index (χ1) is 14.4. The minimum atomic E-state index is -0.411. The summed E-state index contributed by atoms with van der Waals surface area (Å²) in [5.74, 6) is -0.187. The second-order valence-corrected chi connectivity index (χ2v) is 9.31. The summed E-state index contributed by atoms with van der Waals surface area (Å²) in [7, 11) is 0. The number of benzene rings is 1. The van der Waals surface area contributed by atoms with Crippen molar-refractivity contribution in [3.05, 3.63) is 51.7 Å². The van der Waals surface area contributed by atoms with E-state index in [0.29, 0.717) is 6.54 Å². The maximum absolute atomic E-state index is 12.3. The Balaban J connectivity index is 1.44. The highest BCUT2D eigenvalue weighted by atomic mass is 32.2. The fraction of sp³-hybridized carbons (Fsp3) is 0.381. The number of thioether (sulfide) groups is 1. The quantitative estimate of drug-likeness (QED) is 0.499. The summed E-state index contributed by atoms with van der Waals surface area (Å²) in [4.78, 5) is 37.6. The summed E-state index contributed by atoms with van der Waals surface area (Å²) in [6.07, 6.45) is 0.447. The van der Waals surface area contributed by atoms with Crippen molar-refractivity contribution in [2.75, 3.05) is 11.1 Å². The maximum atomic E-state index is 12.3. The molecule has 0 radical (unpaired) electrons. The molecule has 0 spiro atoms. The van der Waals surface area contributed by atoms with Crippen LogP contribution in [0.5, 0.6) is 0 Å². The second kappa shape index (κ2) is 10.6. The highest BCUT2D eigenvalue weighted by molar-refractivity contribution is 8.00. The number of nitrogens with one attached hydrogen (secondary N) is 4. The predicted octanol–water partition coefficient (Wildman–Crippen LogP) is 2.50. The van der Waals surface area contributed by atoms with Gasteiger partial charge in [0, 0.05) is 29.4 Å². The van der Waals surface area contributed by atoms with Crippen LogP contribution in [0.15, 0.2) is 35.7 Å². The molecule has 3 amide bonds. The lowest BCUT2D eigenvalue weighted by molar-refractivity contribution is -0.125. The van der Waals surface area contributed by atoms with Gasteiger partial charge in [0.1, 0.15) is 5.50 Å². The molecule has 2 atom stereocenters. The van der Waals surface area contributed by atoms with Gasteiger partial charge in [-0.1, -0.05) is 18.2 Å². The van der Waals surface area contributed by atoms with Gasteiger partial charge in [-0.3, -0.25) is 19.7 Å². The van der Waals surface area contributed by atoms with Crippen LogP contribution in [-0.4, -0.2) is 35.0 Å². The topological polar surface area (TPSA) is 99.3 Å². The van der Waals surface area contributed by atoms with E-state index in [9.17, 15) is 14.4 Å². The minimum Gasteiger partial charge on any atom is -0.351 e. The number of hydrogen-bond acceptors (Lipinski definition) is 6. The number of aryl methyl sites for hydroxylation is 1. The molecule has 1 fully saturated rings. The van der Waals surface area contributed by atoms with Gasteiger partial charge in [-0.05, 0) is 42.5 Å². The predicted molar refractivity (Wildman–Crippen MR) is 121 cm³/mol. The second-order valence-electron chi connectivity index (χ2n) is 7.18. The first-order valence-corrected chi connectivity index (χ1v) is 11.7. The molecule has 9 heteroatoms. The van der Waals surface area contributed by atoms with Crippen molar-refractivity contribution in [1.29, 1.82) is 0 Å². The Hall–Kier alpha value is -2.36. The molecule has 160 valence electrons. The molecule has 1 aromatic carbocycles. The van der Waals surface area contributed by atoms with E-state index in [0.717, 1.165) is 21.7 Å². The van der Waals surface area contributed by atoms with E-state index >= 15 is 0 Å². The molecule has 4 N–H and O–H groups in total. The van der Waals surface area contributed by atoms with Crippen LogP contribution in [0.3, 0.4) is 0 Å². The summed E-state index contributed by atoms with van der Waals surface area (Å²) < 4.78 is 0. The minimum absolute atomic E-state index is 0.105. The summed E-state index contributed by atoms with van der Waals surface area (Å²) >= 11 is 2.88. The van der Waals surface area contributed by atoms with Gasteiger partial charge < -0.3 is 16.0 Å². The van der Waals surface area contributed by atoms with Crippen molar-refractivity contribution in [2.45, 2.75) is 44.8 Å². The molecule has 1 aliphatic rings. The zero-order valence-electron chi connectivity index (χ0n) is 17.0. The molecule has 3 rings (SSSR count). The number of amides is 3. The summed E-state index contributed by atoms with van der Waals surface area (Å²) in [6.45, 7) is 4.46. The lowest BCUT2D eigenvalue weighted by Gasteiger charge is -2.30. The average molecular weight is 447 g/mol. The van der Waals surface area contributed by atoms with Crippen LogP contribution in [0.1, 0.15) is 28.8 Å². The van der Waals surface area contributed by atoms with E-state index in [1.165, 1.54) is 11.8 Å². The molecule has 2 heterocycles. The van der Waals surface area contributed by atoms with Crippen molar-refractivity contribution < 1.29 is 14.4 Å². The summed E-state index contributed by atoms with van der Waals surface area (Å²) in [5, 5.41) is 13.8. The van der Waals surface area contributed by atoms with Crippen LogP contribution in [0.4, 0.5) is 5.69 Å². The van der Waals surface area contributed by atoms with Crippen molar-refractivity contribution >= 4 is 46.5 Å². The van der Waals surface area contributed by atoms with Crippen molar-refractivity contribution in [2.24, 2.45) is 0 Å². The standard InChI is InChI=1S/C21H26N4O3S2/c1-13-5-3-7-17(14(13)2)24-20(28)12-30-21-23-15(10-19(27)25-21)9-18(26)22-11-16-6-4-8-29-16/h3-8,15,21,23H,9-12H2,1-2H3,(H,22,26)(H,24,28)(H,25,27). The molecule has 2 aromatic rings. The Bertz CT molecular complexity index is 902. The highest BCUT2D eigenvalue weighted by Gasteiger charge is 2.28. The smallest absolute Gasteiger partial charge is 0.234 e. The fourth-order valence-electron chi connectivity index (χ4n) is 3.09. The number of anilines is 1. The van der Waals surface area contributed by atoms with Gasteiger partial charge in [0.2, 0.25) is 17.7 Å². The van der Waals surface area contributed by atoms with E-state index in [-0.39, 0.29) is 42.4 Å². The Kier molecular flexibility index (Phi) is 7.89. The molecule has 30 heavy (non-hydrogen) atoms. The van der Waals surface area contributed by atoms with Crippen LogP contribution >= 0.6 is 23.1 Å². The van der Waals surface area contributed by atoms with Gasteiger partial charge in [0.15, 0.2) is 0 Å². The number of carbonyl (C=O) groups excluding carboxylic acids is 3. The number of carbonyl (C=O) groups is 3. The van der Waals surface area contributed by atoms with Crippen LogP contribution in [0.25, 0.3) is 0 Å². The van der Waals surface area contributed by atoms with Gasteiger partial charge in [-0.15, -0.1) is 23.1 Å². The third-order valence-corrected chi connectivity index (χ3v) is 6.73. The van der Waals surface area contributed by atoms with Crippen molar-refractivity contribution in [3.8, 4) is 0 Å². The average Bonchev–Trinajstić information content (AvgIpc) is 3.22. The van der Waals surface area contributed by atoms with Crippen molar-refractivity contribution in [1.82, 2.24) is 16.0 Å². The van der Waals surface area contributed by atoms with Crippen LogP contribution in [0, 0.1) is 13.8 Å². The fourth-order valence-corrected chi connectivity index (χ4v) is 4.63. The summed E-state index contributed by atoms with van der Waals surface area (Å²) in [5.41, 5.74) is 2.53. The van der Waals surface area contributed by atoms with Crippen LogP contribution in [0.2, 0.25) is 0 Å². The van der Waals surface area contributed by atoms with Gasteiger partial charge in [-0.25, -0.2) is 0 Å². The monoisotopic (exact) mass is 446 g/mol. The van der Waals surface area contributed by atoms with Gasteiger partial charge in [-0.2, -0.15) is 0 Å². The van der Waals surface area contributed by atoms with Gasteiger partial charge in [0.25, 0.3) is 0 Å². The molecular formula is C21H26N4O3S2. The van der Waals surface area contributed by atoms with Crippen LogP contribution < -0.4 is 21.3 Å². The first-order valence-electron chi connectivity index (χ1n) is 9.73. The first kappa shape index (κ1) is 22.3. The Labute approximate surface area is 184 Å². The molecule has 1 aromatic heterocycles. The van der Waals surface area contributed by atoms with E-state index in [1.54, 1.807) is 11.3 Å². The normalized spacial score (nSPS) is 18.5. The third kappa shape index (κ3) is 6.58. The summed E-state index contributed by atoms with van der Waals surface area (Å²) in [6, 6.07) is 9.42. The lowest BCUT2D eigenvalue weighted by atomic mass is 10.1. The maximum Gasteiger partial charge on any atom is 0.234 e. The highest BCUT2D eigenvalue weighted by Crippen LogP contribution is 2.19. The molecule has 0 bridgehead atoms. The van der Waals surface area contributed by atoms with Gasteiger partial charge >= 0.3 is 0 Å². The largest absolute Gasteiger partial charge is 0.351 e. The van der Waals surface area contributed by atoms with E-state index in [4.69, 9.17) is 0 Å². The third-order valence-electron chi connectivity index (χ3n) is 4.84. The Morgan fingerprint density at radius 1 is 1.20 bits per heavy atom. The zero-order valence-corrected chi connectivity index (χ0v) is 18.6. The van der Waals surface area contributed by atoms with E-state index in [2.05, 4.69) is 21.3 Å². The molecule has 7 nitrogen and oxygen atoms in total. The molecule has 1 aliphatic heterocycles. The molecule has 0 aliphatic carbocycles. The Morgan fingerprint density at radius 3 is 2.80 bits per heavy atom. The molecular weight excluding hydrogens is 420 g/mol. The number of thiophene rings is 1. The lowest BCUT2D eigenvalue weighted by Crippen LogP contribution is -2.56. The van der Waals surface area contributed by atoms with E-state index in [1.807, 2.05) is 49.6 Å². The van der Waals surface area contributed by atoms with Crippen LogP contribution in [-0.2, 0) is 20.9 Å². The van der Waals surface area contributed by atoms with E-state index < -0.39 is 5.50 Å². The molecule has 0 saturated carbocycles. The number of rotatable bonds is 8.